The van der Waals surface area contributed by atoms with Gasteiger partial charge in [-0.2, -0.15) is 0 Å². The lowest BCUT2D eigenvalue weighted by molar-refractivity contribution is 0.0979. The third-order valence-electron chi connectivity index (χ3n) is 6.42. The summed E-state index contributed by atoms with van der Waals surface area (Å²) in [6, 6.07) is 19.1. The Morgan fingerprint density at radius 1 is 0.879 bits per heavy atom. The van der Waals surface area contributed by atoms with Crippen molar-refractivity contribution in [1.29, 1.82) is 0 Å². The maximum atomic E-state index is 5.92. The molecule has 2 fully saturated rings. The summed E-state index contributed by atoms with van der Waals surface area (Å²) in [6.45, 7) is 11.1. The fraction of sp³-hybridized carbons (Fsp3) is 0.440. The summed E-state index contributed by atoms with van der Waals surface area (Å²) in [5.74, 6) is 0.910. The molecule has 2 aliphatic rings. The Labute approximate surface area is 200 Å². The zero-order chi connectivity index (χ0) is 22.6. The third kappa shape index (κ3) is 5.19. The molecule has 2 aromatic carbocycles. The second kappa shape index (κ2) is 10.2. The van der Waals surface area contributed by atoms with E-state index in [1.165, 1.54) is 11.1 Å². The Kier molecular flexibility index (Phi) is 6.87. The number of hydrogen-bond donors (Lipinski definition) is 0. The van der Waals surface area contributed by atoms with Crippen LogP contribution in [-0.4, -0.2) is 76.6 Å². The molecule has 2 aliphatic heterocycles. The van der Waals surface area contributed by atoms with Crippen LogP contribution < -0.4 is 4.90 Å². The normalized spacial score (nSPS) is 18.0. The monoisotopic (exact) mass is 464 g/mol. The molecule has 2 saturated heterocycles. The molecule has 0 bridgehead atoms. The summed E-state index contributed by atoms with van der Waals surface area (Å²) in [5.41, 5.74) is 3.77. The molecular formula is C25H32N6OS. The predicted octanol–water partition coefficient (Wildman–Crippen LogP) is 3.32. The van der Waals surface area contributed by atoms with Crippen molar-refractivity contribution in [3.05, 3.63) is 70.5 Å². The lowest BCUT2D eigenvalue weighted by atomic mass is 10.1. The van der Waals surface area contributed by atoms with E-state index in [-0.39, 0.29) is 0 Å². The Morgan fingerprint density at radius 3 is 2.33 bits per heavy atom. The van der Waals surface area contributed by atoms with Gasteiger partial charge in [0.1, 0.15) is 0 Å². The molecule has 8 heteroatoms. The summed E-state index contributed by atoms with van der Waals surface area (Å²) >= 11 is 5.92. The van der Waals surface area contributed by atoms with Gasteiger partial charge in [-0.25, -0.2) is 4.68 Å². The average molecular weight is 465 g/mol. The van der Waals surface area contributed by atoms with Crippen molar-refractivity contribution in [2.24, 2.45) is 0 Å². The van der Waals surface area contributed by atoms with E-state index in [0.717, 1.165) is 75.4 Å². The van der Waals surface area contributed by atoms with E-state index >= 15 is 0 Å². The Hall–Kier alpha value is -2.52. The number of rotatable bonds is 6. The van der Waals surface area contributed by atoms with Crippen molar-refractivity contribution >= 4 is 18.2 Å². The number of aromatic nitrogens is 3. The van der Waals surface area contributed by atoms with Crippen molar-refractivity contribution < 1.29 is 4.74 Å². The summed E-state index contributed by atoms with van der Waals surface area (Å²) in [7, 11) is 0. The van der Waals surface area contributed by atoms with Gasteiger partial charge in [-0.1, -0.05) is 48.0 Å². The maximum absolute atomic E-state index is 5.92. The van der Waals surface area contributed by atoms with Crippen LogP contribution in [0, 0.1) is 11.7 Å². The SMILES string of the molecule is Cc1cccc(CN2CCN(Cn3nc(N4CCOCC4)n(-c4ccccc4)c3=S)CC2)c1. The number of nitrogens with zero attached hydrogens (tertiary/aromatic N) is 6. The first-order valence-corrected chi connectivity index (χ1v) is 12.2. The van der Waals surface area contributed by atoms with Gasteiger partial charge in [-0.3, -0.25) is 14.4 Å². The zero-order valence-electron chi connectivity index (χ0n) is 19.3. The van der Waals surface area contributed by atoms with Crippen molar-refractivity contribution in [3.63, 3.8) is 0 Å². The first-order valence-electron chi connectivity index (χ1n) is 11.8. The standard InChI is InChI=1S/C25H32N6OS/c1-21-6-5-7-22(18-21)19-27-10-12-28(13-11-27)20-30-25(33)31(23-8-3-2-4-9-23)24(26-30)29-14-16-32-17-15-29/h2-9,18H,10-17,19-20H2,1H3. The molecule has 0 radical (unpaired) electrons. The molecule has 0 aliphatic carbocycles. The molecule has 0 spiro atoms. The van der Waals surface area contributed by atoms with E-state index < -0.39 is 0 Å². The third-order valence-corrected chi connectivity index (χ3v) is 6.81. The fourth-order valence-electron chi connectivity index (χ4n) is 4.61. The molecule has 0 atom stereocenters. The summed E-state index contributed by atoms with van der Waals surface area (Å²) in [5, 5.41) is 4.99. The molecule has 3 heterocycles. The summed E-state index contributed by atoms with van der Waals surface area (Å²) < 4.78 is 10.4. The van der Waals surface area contributed by atoms with Crippen LogP contribution in [0.2, 0.25) is 0 Å². The Bertz CT molecular complexity index is 1110. The molecule has 0 saturated carbocycles. The van der Waals surface area contributed by atoms with Crippen LogP contribution >= 0.6 is 12.2 Å². The molecule has 174 valence electrons. The van der Waals surface area contributed by atoms with Crippen LogP contribution in [0.5, 0.6) is 0 Å². The van der Waals surface area contributed by atoms with Crippen molar-refractivity contribution in [1.82, 2.24) is 24.1 Å². The second-order valence-corrected chi connectivity index (χ2v) is 9.24. The van der Waals surface area contributed by atoms with E-state index in [1.807, 2.05) is 22.9 Å². The number of morpholine rings is 1. The van der Waals surface area contributed by atoms with E-state index in [0.29, 0.717) is 6.67 Å². The molecule has 33 heavy (non-hydrogen) atoms. The molecule has 3 aromatic rings. The first kappa shape index (κ1) is 22.3. The van der Waals surface area contributed by atoms with Crippen molar-refractivity contribution in [2.45, 2.75) is 20.1 Å². The van der Waals surface area contributed by atoms with Gasteiger partial charge in [0.2, 0.25) is 10.7 Å². The lowest BCUT2D eigenvalue weighted by Gasteiger charge is -2.34. The topological polar surface area (TPSA) is 41.7 Å². The molecule has 0 N–H and O–H groups in total. The van der Waals surface area contributed by atoms with Gasteiger partial charge in [0.25, 0.3) is 0 Å². The number of ether oxygens (including phenoxy) is 1. The van der Waals surface area contributed by atoms with Crippen molar-refractivity contribution in [2.75, 3.05) is 57.4 Å². The molecule has 5 rings (SSSR count). The largest absolute Gasteiger partial charge is 0.378 e. The van der Waals surface area contributed by atoms with E-state index in [9.17, 15) is 0 Å². The number of benzene rings is 2. The van der Waals surface area contributed by atoms with E-state index in [2.05, 4.69) is 62.6 Å². The van der Waals surface area contributed by atoms with Crippen LogP contribution in [0.25, 0.3) is 5.69 Å². The van der Waals surface area contributed by atoms with E-state index in [4.69, 9.17) is 22.1 Å². The average Bonchev–Trinajstić information content (AvgIpc) is 3.17. The molecular weight excluding hydrogens is 432 g/mol. The Morgan fingerprint density at radius 2 is 1.61 bits per heavy atom. The number of aryl methyl sites for hydroxylation is 1. The quantitative estimate of drug-likeness (QED) is 0.522. The van der Waals surface area contributed by atoms with Crippen LogP contribution in [0.1, 0.15) is 11.1 Å². The highest BCUT2D eigenvalue weighted by atomic mass is 32.1. The van der Waals surface area contributed by atoms with Gasteiger partial charge < -0.3 is 9.64 Å². The number of anilines is 1. The smallest absolute Gasteiger partial charge is 0.230 e. The summed E-state index contributed by atoms with van der Waals surface area (Å²) in [4.78, 5) is 7.27. The molecule has 7 nitrogen and oxygen atoms in total. The van der Waals surface area contributed by atoms with Crippen LogP contribution in [0.3, 0.4) is 0 Å². The van der Waals surface area contributed by atoms with Crippen molar-refractivity contribution in [3.8, 4) is 5.69 Å². The van der Waals surface area contributed by atoms with Gasteiger partial charge in [0.15, 0.2) is 0 Å². The highest BCUT2D eigenvalue weighted by Crippen LogP contribution is 2.21. The number of hydrogen-bond acceptors (Lipinski definition) is 6. The molecule has 0 amide bonds. The highest BCUT2D eigenvalue weighted by molar-refractivity contribution is 7.71. The predicted molar refractivity (Wildman–Crippen MR) is 133 cm³/mol. The Balaban J connectivity index is 1.30. The minimum Gasteiger partial charge on any atom is -0.378 e. The van der Waals surface area contributed by atoms with Gasteiger partial charge in [-0.15, -0.1) is 5.10 Å². The minimum absolute atomic E-state index is 0.717. The second-order valence-electron chi connectivity index (χ2n) is 8.88. The number of para-hydroxylation sites is 1. The van der Waals surface area contributed by atoms with Gasteiger partial charge in [0, 0.05) is 45.8 Å². The van der Waals surface area contributed by atoms with Gasteiger partial charge >= 0.3 is 0 Å². The lowest BCUT2D eigenvalue weighted by Crippen LogP contribution is -2.46. The minimum atomic E-state index is 0.717. The van der Waals surface area contributed by atoms with E-state index in [1.54, 1.807) is 0 Å². The number of piperazine rings is 1. The molecule has 1 aromatic heterocycles. The fourth-order valence-corrected chi connectivity index (χ4v) is 4.89. The van der Waals surface area contributed by atoms with Crippen LogP contribution in [-0.2, 0) is 18.0 Å². The van der Waals surface area contributed by atoms with Gasteiger partial charge in [0.05, 0.1) is 25.6 Å². The zero-order valence-corrected chi connectivity index (χ0v) is 20.1. The summed E-state index contributed by atoms with van der Waals surface area (Å²) in [6.07, 6.45) is 0. The van der Waals surface area contributed by atoms with Crippen LogP contribution in [0.15, 0.2) is 54.6 Å². The van der Waals surface area contributed by atoms with Gasteiger partial charge in [-0.05, 0) is 36.8 Å². The van der Waals surface area contributed by atoms with Crippen LogP contribution in [0.4, 0.5) is 5.95 Å². The molecule has 0 unspecified atom stereocenters. The maximum Gasteiger partial charge on any atom is 0.230 e. The highest BCUT2D eigenvalue weighted by Gasteiger charge is 2.23. The first-order chi connectivity index (χ1) is 16.2.